The average Bonchev–Trinajstić information content (AvgIpc) is 2.41. The molecular weight excluding hydrogens is 288 g/mol. The summed E-state index contributed by atoms with van der Waals surface area (Å²) in [7, 11) is 0. The molecule has 140 valence electrons. The van der Waals surface area contributed by atoms with Crippen LogP contribution in [0, 0.1) is 5.41 Å². The summed E-state index contributed by atoms with van der Waals surface area (Å²) in [4.78, 5) is 0. The molecule has 3 N–H and O–H groups in total. The third-order valence-corrected chi connectivity index (χ3v) is 4.51. The second-order valence-electron chi connectivity index (χ2n) is 8.95. The smallest absolute Gasteiger partial charge is 0.108 e. The van der Waals surface area contributed by atoms with Crippen molar-refractivity contribution in [2.45, 2.75) is 123 Å². The van der Waals surface area contributed by atoms with Crippen molar-refractivity contribution in [3.05, 3.63) is 0 Å². The second-order valence-corrected chi connectivity index (χ2v) is 8.95. The first-order valence-corrected chi connectivity index (χ1v) is 9.62. The van der Waals surface area contributed by atoms with E-state index in [-0.39, 0.29) is 0 Å². The Morgan fingerprint density at radius 1 is 0.652 bits per heavy atom. The van der Waals surface area contributed by atoms with Gasteiger partial charge in [-0.3, -0.25) is 0 Å². The van der Waals surface area contributed by atoms with Gasteiger partial charge in [-0.25, -0.2) is 0 Å². The molecule has 0 spiro atoms. The third kappa shape index (κ3) is 14.0. The van der Waals surface area contributed by atoms with E-state index in [2.05, 4.69) is 20.8 Å². The van der Waals surface area contributed by atoms with Crippen molar-refractivity contribution in [2.75, 3.05) is 0 Å². The van der Waals surface area contributed by atoms with E-state index in [9.17, 15) is 15.3 Å². The van der Waals surface area contributed by atoms with Gasteiger partial charge in [0.05, 0.1) is 11.7 Å². The highest BCUT2D eigenvalue weighted by atomic mass is 16.4. The van der Waals surface area contributed by atoms with Crippen molar-refractivity contribution in [3.63, 3.8) is 0 Å². The lowest BCUT2D eigenvalue weighted by Gasteiger charge is -2.28. The Labute approximate surface area is 144 Å². The van der Waals surface area contributed by atoms with Gasteiger partial charge in [0, 0.05) is 0 Å². The predicted molar refractivity (Wildman–Crippen MR) is 98.6 cm³/mol. The van der Waals surface area contributed by atoms with Crippen LogP contribution in [0.1, 0.15) is 105 Å². The van der Waals surface area contributed by atoms with Gasteiger partial charge in [-0.1, -0.05) is 78.6 Å². The van der Waals surface area contributed by atoms with E-state index in [0.717, 1.165) is 12.8 Å². The summed E-state index contributed by atoms with van der Waals surface area (Å²) in [6, 6.07) is 0. The molecule has 2 atom stereocenters. The molecule has 0 saturated carbocycles. The van der Waals surface area contributed by atoms with E-state index < -0.39 is 17.8 Å². The number of hydrogen-bond donors (Lipinski definition) is 3. The summed E-state index contributed by atoms with van der Waals surface area (Å²) in [5.41, 5.74) is -0.754. The van der Waals surface area contributed by atoms with Gasteiger partial charge in [-0.15, -0.1) is 0 Å². The van der Waals surface area contributed by atoms with E-state index in [0.29, 0.717) is 11.8 Å². The fourth-order valence-corrected chi connectivity index (χ4v) is 2.87. The monoisotopic (exact) mass is 330 g/mol. The maximum Gasteiger partial charge on any atom is 0.108 e. The van der Waals surface area contributed by atoms with Crippen molar-refractivity contribution in [1.82, 2.24) is 0 Å². The van der Waals surface area contributed by atoms with Crippen molar-refractivity contribution >= 4 is 0 Å². The Kier molecular flexibility index (Phi) is 11.4. The summed E-state index contributed by atoms with van der Waals surface area (Å²) >= 11 is 0. The van der Waals surface area contributed by atoms with Crippen LogP contribution in [0.3, 0.4) is 0 Å². The van der Waals surface area contributed by atoms with E-state index in [1.807, 2.05) is 0 Å². The van der Waals surface area contributed by atoms with Crippen LogP contribution in [0.15, 0.2) is 0 Å². The molecule has 23 heavy (non-hydrogen) atoms. The highest BCUT2D eigenvalue weighted by Crippen LogP contribution is 2.23. The lowest BCUT2D eigenvalue weighted by atomic mass is 9.89. The number of rotatable bonds is 13. The maximum atomic E-state index is 9.82. The highest BCUT2D eigenvalue weighted by Gasteiger charge is 2.30. The predicted octanol–water partition coefficient (Wildman–Crippen LogP) is 4.82. The topological polar surface area (TPSA) is 60.7 Å². The standard InChI is InChI=1S/C20H42O3/c1-19(2,3)16-14-12-10-8-6-7-9-11-13-15-17(21)18(22)20(4,5)23/h17-18,21-23H,6-16H2,1-5H3. The van der Waals surface area contributed by atoms with Crippen LogP contribution in [0.5, 0.6) is 0 Å². The quantitative estimate of drug-likeness (QED) is 0.424. The zero-order chi connectivity index (χ0) is 17.9. The zero-order valence-electron chi connectivity index (χ0n) is 16.3. The number of unbranched alkanes of at least 4 members (excludes halogenated alkanes) is 8. The minimum Gasteiger partial charge on any atom is -0.390 e. The van der Waals surface area contributed by atoms with Crippen LogP contribution in [0.4, 0.5) is 0 Å². The molecule has 0 aromatic rings. The molecule has 0 radical (unpaired) electrons. The van der Waals surface area contributed by atoms with Crippen LogP contribution in [-0.2, 0) is 0 Å². The van der Waals surface area contributed by atoms with Gasteiger partial charge in [-0.2, -0.15) is 0 Å². The highest BCUT2D eigenvalue weighted by molar-refractivity contribution is 4.82. The molecule has 0 fully saturated rings. The molecule has 2 unspecified atom stereocenters. The van der Waals surface area contributed by atoms with Crippen molar-refractivity contribution in [1.29, 1.82) is 0 Å². The Bertz CT molecular complexity index is 276. The largest absolute Gasteiger partial charge is 0.390 e. The molecule has 0 amide bonds. The maximum absolute atomic E-state index is 9.82. The van der Waals surface area contributed by atoms with Gasteiger partial charge in [0.2, 0.25) is 0 Å². The van der Waals surface area contributed by atoms with Crippen LogP contribution in [-0.4, -0.2) is 33.1 Å². The summed E-state index contributed by atoms with van der Waals surface area (Å²) in [5, 5.41) is 29.2. The van der Waals surface area contributed by atoms with Gasteiger partial charge < -0.3 is 15.3 Å². The van der Waals surface area contributed by atoms with Gasteiger partial charge in [0.25, 0.3) is 0 Å². The Balaban J connectivity index is 3.37. The fraction of sp³-hybridized carbons (Fsp3) is 1.00. The first-order valence-electron chi connectivity index (χ1n) is 9.62. The molecule has 0 aromatic carbocycles. The van der Waals surface area contributed by atoms with E-state index in [1.165, 1.54) is 65.2 Å². The van der Waals surface area contributed by atoms with Crippen LogP contribution < -0.4 is 0 Å². The molecule has 0 aliphatic rings. The molecule has 3 nitrogen and oxygen atoms in total. The Morgan fingerprint density at radius 2 is 1.04 bits per heavy atom. The zero-order valence-corrected chi connectivity index (χ0v) is 16.3. The summed E-state index contributed by atoms with van der Waals surface area (Å²) < 4.78 is 0. The molecule has 0 rings (SSSR count). The molecule has 0 aliphatic heterocycles. The Morgan fingerprint density at radius 3 is 1.43 bits per heavy atom. The normalized spacial score (nSPS) is 15.7. The first-order chi connectivity index (χ1) is 10.5. The lowest BCUT2D eigenvalue weighted by molar-refractivity contribution is -0.108. The molecule has 0 heterocycles. The number of hydrogen-bond acceptors (Lipinski definition) is 3. The van der Waals surface area contributed by atoms with Gasteiger partial charge in [-0.05, 0) is 32.1 Å². The van der Waals surface area contributed by atoms with Crippen LogP contribution >= 0.6 is 0 Å². The summed E-state index contributed by atoms with van der Waals surface area (Å²) in [6.45, 7) is 9.99. The molecule has 0 aromatic heterocycles. The van der Waals surface area contributed by atoms with Crippen molar-refractivity contribution < 1.29 is 15.3 Å². The third-order valence-electron chi connectivity index (χ3n) is 4.51. The Hall–Kier alpha value is -0.120. The lowest BCUT2D eigenvalue weighted by Crippen LogP contribution is -2.44. The van der Waals surface area contributed by atoms with Gasteiger partial charge in [0.1, 0.15) is 6.10 Å². The minimum atomic E-state index is -1.23. The summed E-state index contributed by atoms with van der Waals surface area (Å²) in [6.07, 6.45) is 11.2. The second kappa shape index (κ2) is 11.4. The molecule has 0 aliphatic carbocycles. The van der Waals surface area contributed by atoms with Gasteiger partial charge >= 0.3 is 0 Å². The molecular formula is C20H42O3. The van der Waals surface area contributed by atoms with Gasteiger partial charge in [0.15, 0.2) is 0 Å². The van der Waals surface area contributed by atoms with Crippen molar-refractivity contribution in [3.8, 4) is 0 Å². The SMILES string of the molecule is CC(C)(C)CCCCCCCCCCCC(O)C(O)C(C)(C)O. The summed E-state index contributed by atoms with van der Waals surface area (Å²) in [5.74, 6) is 0. The van der Waals surface area contributed by atoms with E-state index in [1.54, 1.807) is 0 Å². The minimum absolute atomic E-state index is 0.476. The van der Waals surface area contributed by atoms with Crippen molar-refractivity contribution in [2.24, 2.45) is 5.41 Å². The number of aliphatic hydroxyl groups is 3. The molecule has 0 bridgehead atoms. The van der Waals surface area contributed by atoms with E-state index >= 15 is 0 Å². The number of aliphatic hydroxyl groups excluding tert-OH is 2. The fourth-order valence-electron chi connectivity index (χ4n) is 2.87. The molecule has 3 heteroatoms. The van der Waals surface area contributed by atoms with Crippen LogP contribution in [0.25, 0.3) is 0 Å². The van der Waals surface area contributed by atoms with Crippen LogP contribution in [0.2, 0.25) is 0 Å². The van der Waals surface area contributed by atoms with E-state index in [4.69, 9.17) is 0 Å². The first kappa shape index (κ1) is 22.9. The molecule has 0 saturated heterocycles. The average molecular weight is 331 g/mol.